The van der Waals surface area contributed by atoms with Gasteiger partial charge in [0.2, 0.25) is 0 Å². The molecule has 1 aliphatic rings. The van der Waals surface area contributed by atoms with Gasteiger partial charge in [0.15, 0.2) is 17.5 Å². The molecule has 0 saturated carbocycles. The maximum Gasteiger partial charge on any atom is 0.164 e. The Morgan fingerprint density at radius 2 is 1.02 bits per heavy atom. The Labute approximate surface area is 250 Å². The zero-order valence-corrected chi connectivity index (χ0v) is 21.3. The minimum absolute atomic E-state index is 0.0362. The van der Waals surface area contributed by atoms with Crippen molar-refractivity contribution in [1.82, 2.24) is 15.0 Å². The van der Waals surface area contributed by atoms with E-state index in [2.05, 4.69) is 4.98 Å². The van der Waals surface area contributed by atoms with Crippen molar-refractivity contribution in [2.75, 3.05) is 0 Å². The van der Waals surface area contributed by atoms with Crippen LogP contribution in [-0.4, -0.2) is 15.0 Å². The van der Waals surface area contributed by atoms with Crippen LogP contribution in [0.15, 0.2) is 139 Å². The van der Waals surface area contributed by atoms with E-state index < -0.39 is 48.3 Å². The van der Waals surface area contributed by atoms with Crippen LogP contribution >= 0.6 is 0 Å². The maximum atomic E-state index is 9.44. The first kappa shape index (κ1) is 15.8. The van der Waals surface area contributed by atoms with Crippen molar-refractivity contribution >= 4 is 10.8 Å². The lowest BCUT2D eigenvalue weighted by Gasteiger charge is -2.21. The fraction of sp³-hybridized carbons (Fsp3) is 0. The van der Waals surface area contributed by atoms with Gasteiger partial charge in [-0.1, -0.05) is 115 Å². The predicted molar refractivity (Wildman–Crippen MR) is 165 cm³/mol. The molecule has 6 aromatic carbocycles. The number of rotatable bonds is 4. The van der Waals surface area contributed by atoms with Crippen LogP contribution < -0.4 is 4.74 Å². The first-order chi connectivity index (χ1) is 24.1. The molecule has 0 saturated heterocycles. The first-order valence-electron chi connectivity index (χ1n) is 17.4. The molecule has 0 fully saturated rings. The van der Waals surface area contributed by atoms with Gasteiger partial charge in [-0.15, -0.1) is 0 Å². The summed E-state index contributed by atoms with van der Waals surface area (Å²) in [4.78, 5) is 14.1. The quantitative estimate of drug-likeness (QED) is 0.226. The van der Waals surface area contributed by atoms with E-state index in [1.54, 1.807) is 0 Å². The molecule has 1 aromatic heterocycles. The van der Waals surface area contributed by atoms with E-state index in [9.17, 15) is 1.37 Å². The van der Waals surface area contributed by atoms with Crippen molar-refractivity contribution < 1.29 is 17.1 Å². The summed E-state index contributed by atoms with van der Waals surface area (Å²) in [6.07, 6.45) is 0. The monoisotopic (exact) mass is 534 g/mol. The van der Waals surface area contributed by atoms with E-state index in [0.29, 0.717) is 11.1 Å². The summed E-state index contributed by atoms with van der Waals surface area (Å²) in [5.41, 5.74) is 2.95. The van der Waals surface area contributed by atoms with Crippen molar-refractivity contribution in [2.24, 2.45) is 0 Å². The number of fused-ring (bicyclic) bond motifs is 2. The van der Waals surface area contributed by atoms with E-state index >= 15 is 0 Å². The Morgan fingerprint density at radius 1 is 0.463 bits per heavy atom. The molecule has 1 aliphatic heterocycles. The molecule has 2 heterocycles. The van der Waals surface area contributed by atoms with Crippen LogP contribution in [-0.2, 0) is 0 Å². The van der Waals surface area contributed by atoms with Crippen LogP contribution in [0.1, 0.15) is 12.3 Å². The number of nitrogens with zero attached hydrogens (tertiary/aromatic N) is 3. The standard InChI is InChI=1S/C37H23N3O/c1-3-9-24(10-4-1)25-17-19-28(20-18-25)36-38-35(27-11-5-2-6-12-27)39-37(40-36)29-21-22-32-31(23-29)30-15-7-13-26-14-8-16-33(41-32)34(26)30/h1-23H/i7D,8D,13D,14D,15D,16D,21D,22D,23D. The highest BCUT2D eigenvalue weighted by molar-refractivity contribution is 6.04. The molecular weight excluding hydrogens is 502 g/mol. The highest BCUT2D eigenvalue weighted by atomic mass is 16.5. The van der Waals surface area contributed by atoms with Crippen molar-refractivity contribution in [3.63, 3.8) is 0 Å². The Hall–Kier alpha value is -5.61. The summed E-state index contributed by atoms with van der Waals surface area (Å²) >= 11 is 0. The molecule has 4 heteroatoms. The lowest BCUT2D eigenvalue weighted by molar-refractivity contribution is 0.487. The average molecular weight is 535 g/mol. The molecule has 0 atom stereocenters. The third-order valence-corrected chi connectivity index (χ3v) is 6.84. The molecule has 0 radical (unpaired) electrons. The fourth-order valence-corrected chi connectivity index (χ4v) is 4.84. The zero-order chi connectivity index (χ0) is 35.0. The lowest BCUT2D eigenvalue weighted by Crippen LogP contribution is -2.01. The van der Waals surface area contributed by atoms with Gasteiger partial charge in [0.1, 0.15) is 11.5 Å². The van der Waals surface area contributed by atoms with Gasteiger partial charge in [-0.2, -0.15) is 0 Å². The van der Waals surface area contributed by atoms with E-state index in [0.717, 1.165) is 11.1 Å². The second-order valence-corrected chi connectivity index (χ2v) is 9.38. The van der Waals surface area contributed by atoms with E-state index in [1.807, 2.05) is 84.9 Å². The second-order valence-electron chi connectivity index (χ2n) is 9.38. The first-order valence-corrected chi connectivity index (χ1v) is 12.9. The maximum absolute atomic E-state index is 9.44. The Kier molecular flexibility index (Phi) is 3.69. The number of hydrogen-bond acceptors (Lipinski definition) is 4. The van der Waals surface area contributed by atoms with Gasteiger partial charge in [-0.25, -0.2) is 15.0 Å². The smallest absolute Gasteiger partial charge is 0.164 e. The molecule has 0 unspecified atom stereocenters. The molecule has 0 spiro atoms. The minimum atomic E-state index is -0.549. The van der Waals surface area contributed by atoms with Gasteiger partial charge in [-0.3, -0.25) is 0 Å². The fourth-order valence-electron chi connectivity index (χ4n) is 4.84. The highest BCUT2D eigenvalue weighted by Crippen LogP contribution is 2.47. The van der Waals surface area contributed by atoms with E-state index in [1.165, 1.54) is 0 Å². The molecular formula is C37H23N3O. The van der Waals surface area contributed by atoms with Crippen molar-refractivity contribution in [3.05, 3.63) is 139 Å². The highest BCUT2D eigenvalue weighted by Gasteiger charge is 2.21. The van der Waals surface area contributed by atoms with Gasteiger partial charge in [0.05, 0.1) is 12.3 Å². The van der Waals surface area contributed by atoms with Crippen LogP contribution in [0.3, 0.4) is 0 Å². The molecule has 7 aromatic rings. The largest absolute Gasteiger partial charge is 0.456 e. The van der Waals surface area contributed by atoms with Crippen LogP contribution in [0, 0.1) is 0 Å². The van der Waals surface area contributed by atoms with Gasteiger partial charge in [0.25, 0.3) is 0 Å². The minimum Gasteiger partial charge on any atom is -0.456 e. The lowest BCUT2D eigenvalue weighted by atomic mass is 9.93. The molecule has 192 valence electrons. The van der Waals surface area contributed by atoms with Crippen LogP contribution in [0.25, 0.3) is 67.2 Å². The number of ether oxygens (including phenoxy) is 1. The zero-order valence-electron chi connectivity index (χ0n) is 30.3. The van der Waals surface area contributed by atoms with Gasteiger partial charge < -0.3 is 4.74 Å². The second kappa shape index (κ2) is 9.54. The SMILES string of the molecule is [2H]c1c([2H])c(-c2nc(-c3ccccc3)nc(-c3ccc(-c4ccccc4)cc3)n2)c([2H])c2c1Oc1c([2H])c([2H])c([2H])c3c([2H])c([2H])c([2H])c-2c13. The van der Waals surface area contributed by atoms with Crippen molar-refractivity contribution in [1.29, 1.82) is 0 Å². The predicted octanol–water partition coefficient (Wildman–Crippen LogP) is 9.47. The molecule has 0 bridgehead atoms. The molecule has 0 amide bonds. The Morgan fingerprint density at radius 3 is 1.73 bits per heavy atom. The Balaban J connectivity index is 1.40. The van der Waals surface area contributed by atoms with Crippen molar-refractivity contribution in [2.45, 2.75) is 0 Å². The third kappa shape index (κ3) is 4.14. The van der Waals surface area contributed by atoms with Crippen LogP contribution in [0.5, 0.6) is 11.5 Å². The van der Waals surface area contributed by atoms with E-state index in [4.69, 9.17) is 25.7 Å². The topological polar surface area (TPSA) is 47.9 Å². The van der Waals surface area contributed by atoms with E-state index in [-0.39, 0.29) is 62.5 Å². The molecule has 0 N–H and O–H groups in total. The summed E-state index contributed by atoms with van der Waals surface area (Å²) < 4.78 is 84.8. The van der Waals surface area contributed by atoms with Crippen LogP contribution in [0.4, 0.5) is 0 Å². The summed E-state index contributed by atoms with van der Waals surface area (Å²) in [7, 11) is 0. The molecule has 41 heavy (non-hydrogen) atoms. The van der Waals surface area contributed by atoms with Gasteiger partial charge in [0, 0.05) is 27.6 Å². The van der Waals surface area contributed by atoms with Gasteiger partial charge in [-0.05, 0) is 46.2 Å². The van der Waals surface area contributed by atoms with Crippen LogP contribution in [0.2, 0.25) is 0 Å². The summed E-state index contributed by atoms with van der Waals surface area (Å²) in [5, 5.41) is -0.205. The average Bonchev–Trinajstić information content (AvgIpc) is 3.15. The van der Waals surface area contributed by atoms with Gasteiger partial charge >= 0.3 is 0 Å². The molecule has 4 nitrogen and oxygen atoms in total. The number of hydrogen-bond donors (Lipinski definition) is 0. The van der Waals surface area contributed by atoms with Crippen molar-refractivity contribution in [3.8, 4) is 67.9 Å². The molecule has 8 rings (SSSR count). The summed E-state index contributed by atoms with van der Waals surface area (Å²) in [6, 6.07) is 22.3. The normalized spacial score (nSPS) is 14.7. The summed E-state index contributed by atoms with van der Waals surface area (Å²) in [6.45, 7) is 0. The number of benzene rings is 6. The third-order valence-electron chi connectivity index (χ3n) is 6.84. The Bertz CT molecular complexity index is 2540. The molecule has 0 aliphatic carbocycles. The number of aromatic nitrogens is 3. The summed E-state index contributed by atoms with van der Waals surface area (Å²) in [5.74, 6) is -0.123.